The number of methoxy groups -OCH3 is 1. The van der Waals surface area contributed by atoms with Gasteiger partial charge in [-0.3, -0.25) is 4.79 Å². The van der Waals surface area contributed by atoms with Crippen molar-refractivity contribution in [2.45, 2.75) is 31.9 Å². The Hall–Kier alpha value is -1.84. The van der Waals surface area contributed by atoms with Crippen molar-refractivity contribution in [2.75, 3.05) is 19.0 Å². The molecule has 1 aromatic heterocycles. The summed E-state index contributed by atoms with van der Waals surface area (Å²) < 4.78 is 40.5. The number of hydrogen-bond donors (Lipinski definition) is 2. The summed E-state index contributed by atoms with van der Waals surface area (Å²) in [5.74, 6) is -0.585. The van der Waals surface area contributed by atoms with Gasteiger partial charge in [0.1, 0.15) is 6.54 Å². The lowest BCUT2D eigenvalue weighted by Gasteiger charge is -2.04. The lowest BCUT2D eigenvalue weighted by atomic mass is 10.1. The maximum Gasteiger partial charge on any atom is 0.408 e. The number of nitrogens with zero attached hydrogens (tertiary/aromatic N) is 2. The van der Waals surface area contributed by atoms with E-state index in [9.17, 15) is 18.0 Å². The van der Waals surface area contributed by atoms with Crippen LogP contribution in [0.1, 0.15) is 25.0 Å². The van der Waals surface area contributed by atoms with Crippen LogP contribution in [0.5, 0.6) is 0 Å². The van der Waals surface area contributed by atoms with Crippen molar-refractivity contribution in [3.05, 3.63) is 11.1 Å². The van der Waals surface area contributed by atoms with E-state index < -0.39 is 12.7 Å². The summed E-state index contributed by atoms with van der Waals surface area (Å²) in [6, 6.07) is 0. The summed E-state index contributed by atoms with van der Waals surface area (Å²) >= 11 is 1.22. The highest BCUT2D eigenvalue weighted by Crippen LogP contribution is 2.18. The SMILES string of the molecule is COC(=O)CCCCc1csc(NC(N)=NCC(F)(F)F)n1. The molecule has 0 aliphatic heterocycles. The number of aliphatic imine (C=N–C) groups is 1. The van der Waals surface area contributed by atoms with E-state index in [1.807, 2.05) is 0 Å². The molecule has 0 spiro atoms. The number of aromatic nitrogens is 1. The van der Waals surface area contributed by atoms with Crippen LogP contribution in [0.25, 0.3) is 0 Å². The largest absolute Gasteiger partial charge is 0.469 e. The monoisotopic (exact) mass is 338 g/mol. The Morgan fingerprint density at radius 3 is 2.86 bits per heavy atom. The third-order valence-corrected chi connectivity index (χ3v) is 3.31. The first kappa shape index (κ1) is 18.2. The lowest BCUT2D eigenvalue weighted by Crippen LogP contribution is -2.25. The van der Waals surface area contributed by atoms with Crippen molar-refractivity contribution in [3.8, 4) is 0 Å². The molecule has 124 valence electrons. The van der Waals surface area contributed by atoms with Gasteiger partial charge in [-0.2, -0.15) is 13.2 Å². The second-order valence-electron chi connectivity index (χ2n) is 4.37. The quantitative estimate of drug-likeness (QED) is 0.345. The summed E-state index contributed by atoms with van der Waals surface area (Å²) in [4.78, 5) is 18.3. The van der Waals surface area contributed by atoms with Gasteiger partial charge in [0, 0.05) is 11.8 Å². The predicted molar refractivity (Wildman–Crippen MR) is 77.9 cm³/mol. The molecule has 0 radical (unpaired) electrons. The van der Waals surface area contributed by atoms with E-state index in [1.165, 1.54) is 18.4 Å². The minimum atomic E-state index is -4.39. The molecule has 0 fully saturated rings. The molecule has 1 heterocycles. The molecule has 0 aliphatic rings. The van der Waals surface area contributed by atoms with Crippen LogP contribution in [0.15, 0.2) is 10.4 Å². The Balaban J connectivity index is 2.36. The summed E-state index contributed by atoms with van der Waals surface area (Å²) in [7, 11) is 1.34. The van der Waals surface area contributed by atoms with Crippen LogP contribution >= 0.6 is 11.3 Å². The van der Waals surface area contributed by atoms with Crippen LogP contribution in [0, 0.1) is 0 Å². The number of guanidine groups is 1. The van der Waals surface area contributed by atoms with E-state index in [2.05, 4.69) is 20.0 Å². The molecular weight excluding hydrogens is 321 g/mol. The zero-order valence-electron chi connectivity index (χ0n) is 11.9. The third-order valence-electron chi connectivity index (χ3n) is 2.51. The second kappa shape index (κ2) is 8.57. The van der Waals surface area contributed by atoms with Gasteiger partial charge in [-0.25, -0.2) is 9.98 Å². The molecule has 0 saturated heterocycles. The number of thiazole rings is 1. The molecule has 3 N–H and O–H groups in total. The number of carbonyl (C=O) groups is 1. The summed E-state index contributed by atoms with van der Waals surface area (Å²) in [5, 5.41) is 4.67. The molecular formula is C12H17F3N4O2S. The normalized spacial score (nSPS) is 12.3. The Morgan fingerprint density at radius 2 is 2.23 bits per heavy atom. The highest BCUT2D eigenvalue weighted by molar-refractivity contribution is 7.13. The fraction of sp³-hybridized carbons (Fsp3) is 0.583. The fourth-order valence-electron chi connectivity index (χ4n) is 1.48. The Bertz CT molecular complexity index is 517. The molecule has 1 aromatic rings. The van der Waals surface area contributed by atoms with Crippen LogP contribution < -0.4 is 11.1 Å². The molecule has 0 aromatic carbocycles. The third kappa shape index (κ3) is 7.81. The highest BCUT2D eigenvalue weighted by Gasteiger charge is 2.26. The zero-order chi connectivity index (χ0) is 16.6. The number of halogens is 3. The van der Waals surface area contributed by atoms with Gasteiger partial charge >= 0.3 is 12.1 Å². The second-order valence-corrected chi connectivity index (χ2v) is 5.23. The van der Waals surface area contributed by atoms with Crippen LogP contribution in [0.3, 0.4) is 0 Å². The van der Waals surface area contributed by atoms with Gasteiger partial charge in [0.25, 0.3) is 0 Å². The maximum atomic E-state index is 12.0. The summed E-state index contributed by atoms with van der Waals surface area (Å²) in [6.45, 7) is -1.34. The highest BCUT2D eigenvalue weighted by atomic mass is 32.1. The first-order valence-corrected chi connectivity index (χ1v) is 7.33. The molecule has 22 heavy (non-hydrogen) atoms. The minimum absolute atomic E-state index is 0.255. The number of aryl methyl sites for hydroxylation is 1. The molecule has 6 nitrogen and oxygen atoms in total. The first-order valence-electron chi connectivity index (χ1n) is 6.45. The molecule has 10 heteroatoms. The van der Waals surface area contributed by atoms with Crippen molar-refractivity contribution in [1.82, 2.24) is 4.98 Å². The van der Waals surface area contributed by atoms with Crippen molar-refractivity contribution in [3.63, 3.8) is 0 Å². The molecule has 0 aliphatic carbocycles. The fourth-order valence-corrected chi connectivity index (χ4v) is 2.23. The Labute approximate surface area is 129 Å². The zero-order valence-corrected chi connectivity index (χ0v) is 12.8. The first-order chi connectivity index (χ1) is 10.3. The predicted octanol–water partition coefficient (Wildman–Crippen LogP) is 2.32. The van der Waals surface area contributed by atoms with Crippen molar-refractivity contribution >= 4 is 28.4 Å². The average molecular weight is 338 g/mol. The van der Waals surface area contributed by atoms with E-state index in [1.54, 1.807) is 5.38 Å². The van der Waals surface area contributed by atoms with E-state index in [4.69, 9.17) is 5.73 Å². The Morgan fingerprint density at radius 1 is 1.50 bits per heavy atom. The molecule has 0 amide bonds. The number of carbonyl (C=O) groups excluding carboxylic acids is 1. The van der Waals surface area contributed by atoms with Gasteiger partial charge in [0.05, 0.1) is 12.8 Å². The molecule has 0 unspecified atom stereocenters. The van der Waals surface area contributed by atoms with Gasteiger partial charge in [-0.15, -0.1) is 11.3 Å². The number of alkyl halides is 3. The number of ether oxygens (including phenoxy) is 1. The smallest absolute Gasteiger partial charge is 0.408 e. The maximum absolute atomic E-state index is 12.0. The van der Waals surface area contributed by atoms with Crippen molar-refractivity contribution < 1.29 is 22.7 Å². The van der Waals surface area contributed by atoms with Crippen molar-refractivity contribution in [1.29, 1.82) is 0 Å². The lowest BCUT2D eigenvalue weighted by molar-refractivity contribution is -0.140. The standard InChI is InChI=1S/C12H17F3N4O2S/c1-21-9(20)5-3-2-4-8-6-22-11(18-8)19-10(16)17-7-12(13,14)15/h6H,2-5,7H2,1H3,(H3,16,17,18,19). The topological polar surface area (TPSA) is 89.6 Å². The minimum Gasteiger partial charge on any atom is -0.469 e. The van der Waals surface area contributed by atoms with Crippen LogP contribution in [0.4, 0.5) is 18.3 Å². The molecule has 0 saturated carbocycles. The van der Waals surface area contributed by atoms with E-state index >= 15 is 0 Å². The summed E-state index contributed by atoms with van der Waals surface area (Å²) in [5.41, 5.74) is 6.13. The van der Waals surface area contributed by atoms with Crippen LogP contribution in [0.2, 0.25) is 0 Å². The number of rotatable bonds is 7. The number of nitrogens with one attached hydrogen (secondary N) is 1. The van der Waals surface area contributed by atoms with Crippen LogP contribution in [-0.4, -0.2) is 36.7 Å². The van der Waals surface area contributed by atoms with E-state index in [0.29, 0.717) is 24.4 Å². The van der Waals surface area contributed by atoms with Gasteiger partial charge in [-0.05, 0) is 19.3 Å². The van der Waals surface area contributed by atoms with E-state index in [-0.39, 0.29) is 11.9 Å². The van der Waals surface area contributed by atoms with Gasteiger partial charge in [-0.1, -0.05) is 0 Å². The average Bonchev–Trinajstić information content (AvgIpc) is 2.88. The number of unbranched alkanes of at least 4 members (excludes halogenated alkanes) is 1. The Kier molecular flexibility index (Phi) is 7.09. The van der Waals surface area contributed by atoms with E-state index in [0.717, 1.165) is 12.1 Å². The number of hydrogen-bond acceptors (Lipinski definition) is 5. The van der Waals surface area contributed by atoms with Gasteiger partial charge in [0.15, 0.2) is 11.1 Å². The number of anilines is 1. The molecule has 0 bridgehead atoms. The van der Waals surface area contributed by atoms with Gasteiger partial charge < -0.3 is 15.8 Å². The number of nitrogens with two attached hydrogens (primary N) is 1. The van der Waals surface area contributed by atoms with Crippen molar-refractivity contribution in [2.24, 2.45) is 10.7 Å². The van der Waals surface area contributed by atoms with Crippen LogP contribution in [-0.2, 0) is 16.0 Å². The summed E-state index contributed by atoms with van der Waals surface area (Å²) in [6.07, 6.45) is -1.93. The molecule has 0 atom stereocenters. The molecule has 1 rings (SSSR count). The van der Waals surface area contributed by atoms with Gasteiger partial charge in [0.2, 0.25) is 0 Å². The number of esters is 1.